The number of aromatic nitrogens is 3. The second kappa shape index (κ2) is 15.9. The largest absolute Gasteiger partial charge is 0.462 e. The minimum absolute atomic E-state index is 0.0802. The number of carbonyl (C=O) groups excluding carboxylic acids is 2. The van der Waals surface area contributed by atoms with Crippen LogP contribution in [-0.2, 0) is 26.0 Å². The van der Waals surface area contributed by atoms with Crippen molar-refractivity contribution in [2.45, 2.75) is 39.4 Å². The lowest BCUT2D eigenvalue weighted by Crippen LogP contribution is -2.41. The molecule has 0 radical (unpaired) electrons. The van der Waals surface area contributed by atoms with Gasteiger partial charge in [-0.3, -0.25) is 0 Å². The van der Waals surface area contributed by atoms with Crippen LogP contribution in [0.5, 0.6) is 5.75 Å². The van der Waals surface area contributed by atoms with Gasteiger partial charge in [0, 0.05) is 31.9 Å². The highest BCUT2D eigenvalue weighted by Crippen LogP contribution is 2.40. The number of alkyl halides is 6. The number of nitrogens with one attached hydrogen (secondary N) is 1. The Kier molecular flexibility index (Phi) is 13.9. The van der Waals surface area contributed by atoms with Crippen LogP contribution in [0.25, 0.3) is 11.4 Å². The van der Waals surface area contributed by atoms with Crippen molar-refractivity contribution in [3.8, 4) is 17.1 Å². The number of amides is 1. The third-order valence-electron chi connectivity index (χ3n) is 5.50. The van der Waals surface area contributed by atoms with Crippen LogP contribution >= 0.6 is 69.6 Å². The van der Waals surface area contributed by atoms with Gasteiger partial charge in [0.2, 0.25) is 7.59 Å². The molecular weight excluding hydrogens is 681 g/mol. The molecule has 0 spiro atoms. The molecule has 1 amide bonds. The molecule has 0 atom stereocenters. The van der Waals surface area contributed by atoms with Gasteiger partial charge in [-0.15, -0.1) is 0 Å². The van der Waals surface area contributed by atoms with Gasteiger partial charge >= 0.3 is 20.6 Å². The monoisotopic (exact) mass is 706 g/mol. The van der Waals surface area contributed by atoms with Gasteiger partial charge in [-0.2, -0.15) is 0 Å². The number of esters is 1. The van der Waals surface area contributed by atoms with E-state index in [1.807, 2.05) is 0 Å². The third kappa shape index (κ3) is 11.6. The first kappa shape index (κ1) is 35.8. The summed E-state index contributed by atoms with van der Waals surface area (Å²) in [5, 5.41) is 2.69. The number of ether oxygens (including phenoxy) is 2. The van der Waals surface area contributed by atoms with Gasteiger partial charge in [0.25, 0.3) is 0 Å². The fraction of sp³-hybridized carbons (Fsp3) is 0.458. The summed E-state index contributed by atoms with van der Waals surface area (Å²) in [7, 11) is 0.652. The molecule has 226 valence electrons. The van der Waals surface area contributed by atoms with Crippen LogP contribution in [0.4, 0.5) is 4.79 Å². The Labute approximate surface area is 269 Å². The fourth-order valence-corrected chi connectivity index (χ4v) is 6.51. The molecular formula is C24H28Cl6N4O6Si. The number of hydrogen-bond donors (Lipinski definition) is 1. The van der Waals surface area contributed by atoms with Crippen molar-refractivity contribution in [2.75, 3.05) is 27.4 Å². The maximum Gasteiger partial charge on any atom is 0.412 e. The Morgan fingerprint density at radius 2 is 1.44 bits per heavy atom. The van der Waals surface area contributed by atoms with Crippen LogP contribution in [-0.4, -0.2) is 62.9 Å². The van der Waals surface area contributed by atoms with Gasteiger partial charge in [0.15, 0.2) is 17.5 Å². The Balaban J connectivity index is 1.92. The van der Waals surface area contributed by atoms with Crippen LogP contribution in [0.2, 0.25) is 12.1 Å². The van der Waals surface area contributed by atoms with Crippen molar-refractivity contribution in [1.29, 1.82) is 0 Å². The van der Waals surface area contributed by atoms with E-state index in [0.29, 0.717) is 42.6 Å². The van der Waals surface area contributed by atoms with Crippen LogP contribution in [0.1, 0.15) is 31.4 Å². The van der Waals surface area contributed by atoms with Gasteiger partial charge < -0.3 is 23.6 Å². The molecule has 1 N–H and O–H groups in total. The molecule has 0 saturated heterocycles. The lowest BCUT2D eigenvalue weighted by molar-refractivity contribution is -0.138. The molecule has 0 aliphatic heterocycles. The van der Waals surface area contributed by atoms with Crippen LogP contribution in [0.15, 0.2) is 36.4 Å². The van der Waals surface area contributed by atoms with Crippen molar-refractivity contribution in [2.24, 2.45) is 0 Å². The summed E-state index contributed by atoms with van der Waals surface area (Å²) in [6.07, 6.45) is 0.522. The molecule has 1 aromatic carbocycles. The van der Waals surface area contributed by atoms with Crippen molar-refractivity contribution in [3.05, 3.63) is 48.1 Å². The predicted molar refractivity (Wildman–Crippen MR) is 162 cm³/mol. The van der Waals surface area contributed by atoms with Crippen molar-refractivity contribution in [3.63, 3.8) is 0 Å². The third-order valence-corrected chi connectivity index (χ3v) is 10.2. The summed E-state index contributed by atoms with van der Waals surface area (Å²) in [4.78, 5) is 36.0. The standard InChI is InChI=1S/C24H28Cl6N4O6Si/c1-15(2)19(35)39-12-6-14-41(37-3,38-4)13-5-11-31-22(36)40-17-9-7-16(8-10-17)18-32-20(23(25,26)27)34-21(33-18)24(28,29)30/h7-10H,1,5-6,11-14H2,2-4H3,(H,31,36). The SMILES string of the molecule is C=C(C)C(=O)OCCC[Si](CCCNC(=O)Oc1ccc(-c2nc(C(Cl)(Cl)Cl)nc(C(Cl)(Cl)Cl)n2)cc1)(OC)OC. The molecule has 1 aromatic heterocycles. The smallest absolute Gasteiger partial charge is 0.412 e. The number of halogens is 6. The van der Waals surface area contributed by atoms with Crippen LogP contribution in [0.3, 0.4) is 0 Å². The predicted octanol–water partition coefficient (Wildman–Crippen LogP) is 6.91. The minimum Gasteiger partial charge on any atom is -0.462 e. The minimum atomic E-state index is -2.53. The zero-order chi connectivity index (χ0) is 30.8. The summed E-state index contributed by atoms with van der Waals surface area (Å²) in [6.45, 7) is 5.71. The first-order valence-corrected chi connectivity index (χ1v) is 16.5. The summed E-state index contributed by atoms with van der Waals surface area (Å²) >= 11 is 35.5. The molecule has 0 fully saturated rings. The average Bonchev–Trinajstić information content (AvgIpc) is 2.91. The van der Waals surface area contributed by atoms with E-state index in [0.717, 1.165) is 0 Å². The average molecular weight is 709 g/mol. The molecule has 0 bridgehead atoms. The molecule has 0 unspecified atom stereocenters. The van der Waals surface area contributed by atoms with Crippen LogP contribution < -0.4 is 10.1 Å². The van der Waals surface area contributed by atoms with E-state index in [1.165, 1.54) is 12.1 Å². The first-order valence-electron chi connectivity index (χ1n) is 12.0. The lowest BCUT2D eigenvalue weighted by Gasteiger charge is -2.27. The van der Waals surface area contributed by atoms with Crippen molar-refractivity contribution in [1.82, 2.24) is 20.3 Å². The van der Waals surface area contributed by atoms with E-state index in [9.17, 15) is 9.59 Å². The second-order valence-corrected chi connectivity index (χ2v) is 16.8. The second-order valence-electron chi connectivity index (χ2n) is 8.58. The van der Waals surface area contributed by atoms with Gasteiger partial charge in [0.05, 0.1) is 6.61 Å². The van der Waals surface area contributed by atoms with Crippen molar-refractivity contribution >= 4 is 90.2 Å². The van der Waals surface area contributed by atoms with Gasteiger partial charge in [-0.1, -0.05) is 76.2 Å². The maximum atomic E-state index is 12.3. The van der Waals surface area contributed by atoms with E-state index >= 15 is 0 Å². The zero-order valence-electron chi connectivity index (χ0n) is 22.3. The highest BCUT2D eigenvalue weighted by Gasteiger charge is 2.35. The van der Waals surface area contributed by atoms with E-state index in [1.54, 1.807) is 33.3 Å². The molecule has 2 rings (SSSR count). The van der Waals surface area contributed by atoms with Gasteiger partial charge in [-0.25, -0.2) is 24.5 Å². The summed E-state index contributed by atoms with van der Waals surface area (Å²) in [5.74, 6) is -0.553. The molecule has 2 aromatic rings. The molecule has 10 nitrogen and oxygen atoms in total. The maximum absolute atomic E-state index is 12.3. The van der Waals surface area contributed by atoms with Crippen LogP contribution in [0, 0.1) is 0 Å². The normalized spacial score (nSPS) is 12.1. The lowest BCUT2D eigenvalue weighted by atomic mass is 10.2. The van der Waals surface area contributed by atoms with E-state index in [4.69, 9.17) is 87.9 Å². The molecule has 17 heteroatoms. The highest BCUT2D eigenvalue weighted by atomic mass is 35.6. The zero-order valence-corrected chi connectivity index (χ0v) is 27.9. The first-order chi connectivity index (χ1) is 19.1. The van der Waals surface area contributed by atoms with Crippen molar-refractivity contribution < 1.29 is 27.9 Å². The number of benzene rings is 1. The van der Waals surface area contributed by atoms with E-state index < -0.39 is 28.2 Å². The Morgan fingerprint density at radius 3 is 1.93 bits per heavy atom. The molecule has 41 heavy (non-hydrogen) atoms. The topological polar surface area (TPSA) is 122 Å². The molecule has 1 heterocycles. The number of carbonyl (C=O) groups is 2. The van der Waals surface area contributed by atoms with Gasteiger partial charge in [0.1, 0.15) is 5.75 Å². The summed E-state index contributed by atoms with van der Waals surface area (Å²) in [5.41, 5.74) is 0.802. The Morgan fingerprint density at radius 1 is 0.902 bits per heavy atom. The van der Waals surface area contributed by atoms with Gasteiger partial charge in [-0.05, 0) is 56.1 Å². The quantitative estimate of drug-likeness (QED) is 0.0777. The summed E-state index contributed by atoms with van der Waals surface area (Å²) in [6, 6.07) is 7.43. The van der Waals surface area contributed by atoms with E-state index in [2.05, 4.69) is 26.8 Å². The van der Waals surface area contributed by atoms with E-state index in [-0.39, 0.29) is 29.8 Å². The Hall–Kier alpha value is -1.41. The highest BCUT2D eigenvalue weighted by molar-refractivity contribution is 6.68. The summed E-state index contributed by atoms with van der Waals surface area (Å²) < 4.78 is 17.9. The fourth-order valence-electron chi connectivity index (χ4n) is 3.37. The number of nitrogens with zero attached hydrogens (tertiary/aromatic N) is 3. The molecule has 0 saturated carbocycles. The Bertz CT molecular complexity index is 1170. The number of rotatable bonds is 13. The molecule has 0 aliphatic carbocycles. The molecule has 0 aliphatic rings. The number of hydrogen-bond acceptors (Lipinski definition) is 9.